The maximum atomic E-state index is 12.7. The lowest BCUT2D eigenvalue weighted by Crippen LogP contribution is -2.04. The highest BCUT2D eigenvalue weighted by molar-refractivity contribution is 7.12. The topological polar surface area (TPSA) is 43.4 Å². The van der Waals surface area contributed by atoms with Gasteiger partial charge in [0.05, 0.1) is 13.5 Å². The summed E-state index contributed by atoms with van der Waals surface area (Å²) in [6, 6.07) is 7.28. The van der Waals surface area contributed by atoms with Crippen LogP contribution in [0.15, 0.2) is 24.3 Å². The molecule has 0 amide bonds. The molecule has 21 heavy (non-hydrogen) atoms. The molecule has 0 fully saturated rings. The van der Waals surface area contributed by atoms with Crippen LogP contribution in [0.4, 0.5) is 0 Å². The maximum absolute atomic E-state index is 12.7. The summed E-state index contributed by atoms with van der Waals surface area (Å²) in [6.45, 7) is 0. The third-order valence-corrected chi connectivity index (χ3v) is 5.02. The van der Waals surface area contributed by atoms with Gasteiger partial charge in [-0.15, -0.1) is 11.3 Å². The van der Waals surface area contributed by atoms with E-state index in [1.165, 1.54) is 18.4 Å². The molecule has 3 nitrogen and oxygen atoms in total. The monoisotopic (exact) mass is 320 g/mol. The quantitative estimate of drug-likeness (QED) is 0.796. The number of carbonyl (C=O) groups is 2. The zero-order valence-electron chi connectivity index (χ0n) is 11.4. The van der Waals surface area contributed by atoms with E-state index in [0.717, 1.165) is 28.2 Å². The average molecular weight is 321 g/mol. The number of ketones is 1. The number of rotatable bonds is 2. The van der Waals surface area contributed by atoms with Crippen molar-refractivity contribution in [2.75, 3.05) is 7.11 Å². The zero-order valence-corrected chi connectivity index (χ0v) is 13.0. The molecule has 0 atom stereocenters. The van der Waals surface area contributed by atoms with Crippen molar-refractivity contribution < 1.29 is 14.3 Å². The molecule has 0 radical (unpaired) electrons. The van der Waals surface area contributed by atoms with Crippen LogP contribution in [0.25, 0.3) is 0 Å². The first-order chi connectivity index (χ1) is 10.1. The first-order valence-corrected chi connectivity index (χ1v) is 7.79. The van der Waals surface area contributed by atoms with Gasteiger partial charge in [-0.3, -0.25) is 9.59 Å². The number of hydrogen-bond acceptors (Lipinski definition) is 4. The van der Waals surface area contributed by atoms with Gasteiger partial charge < -0.3 is 4.74 Å². The number of carbonyl (C=O) groups excluding carboxylic acids is 2. The van der Waals surface area contributed by atoms with Gasteiger partial charge >= 0.3 is 5.97 Å². The van der Waals surface area contributed by atoms with E-state index >= 15 is 0 Å². The predicted octanol–water partition coefficient (Wildman–Crippen LogP) is 3.45. The largest absolute Gasteiger partial charge is 0.469 e. The van der Waals surface area contributed by atoms with Gasteiger partial charge in [0.2, 0.25) is 0 Å². The van der Waals surface area contributed by atoms with Crippen molar-refractivity contribution in [1.82, 2.24) is 0 Å². The van der Waals surface area contributed by atoms with Crippen LogP contribution in [0.3, 0.4) is 0 Å². The van der Waals surface area contributed by atoms with Crippen molar-refractivity contribution in [2.24, 2.45) is 0 Å². The molecule has 0 saturated carbocycles. The van der Waals surface area contributed by atoms with Crippen LogP contribution in [0.1, 0.15) is 31.2 Å². The summed E-state index contributed by atoms with van der Waals surface area (Å²) in [7, 11) is 1.37. The first kappa shape index (κ1) is 14.3. The highest BCUT2D eigenvalue weighted by Crippen LogP contribution is 2.32. The van der Waals surface area contributed by atoms with Crippen LogP contribution in [-0.2, 0) is 28.8 Å². The number of hydrogen-bond donors (Lipinski definition) is 0. The van der Waals surface area contributed by atoms with Gasteiger partial charge in [0.1, 0.15) is 0 Å². The van der Waals surface area contributed by atoms with Crippen molar-refractivity contribution in [2.45, 2.75) is 19.3 Å². The fourth-order valence-electron chi connectivity index (χ4n) is 2.53. The summed E-state index contributed by atoms with van der Waals surface area (Å²) in [6.07, 6.45) is 1.83. The van der Waals surface area contributed by atoms with Gasteiger partial charge in [0.25, 0.3) is 0 Å². The Morgan fingerprint density at radius 3 is 2.86 bits per heavy atom. The molecule has 1 aromatic heterocycles. The Kier molecular flexibility index (Phi) is 3.83. The molecule has 1 aliphatic rings. The first-order valence-electron chi connectivity index (χ1n) is 6.60. The van der Waals surface area contributed by atoms with Crippen molar-refractivity contribution in [1.29, 1.82) is 0 Å². The van der Waals surface area contributed by atoms with E-state index in [1.54, 1.807) is 6.07 Å². The molecule has 1 heterocycles. The van der Waals surface area contributed by atoms with E-state index in [2.05, 4.69) is 4.74 Å². The third-order valence-electron chi connectivity index (χ3n) is 3.59. The Morgan fingerprint density at radius 1 is 1.29 bits per heavy atom. The number of benzene rings is 1. The van der Waals surface area contributed by atoms with E-state index in [1.807, 2.05) is 18.2 Å². The summed E-state index contributed by atoms with van der Waals surface area (Å²) in [5.41, 5.74) is 2.39. The minimum Gasteiger partial charge on any atom is -0.469 e. The second kappa shape index (κ2) is 5.62. The number of thiophene rings is 1. The van der Waals surface area contributed by atoms with E-state index < -0.39 is 0 Å². The zero-order chi connectivity index (χ0) is 15.0. The standard InChI is InChI=1S/C16H13ClO3S/c1-20-15(18)8-11-7-13-14(21-11)5-3-9-2-4-10(17)6-12(9)16(13)19/h2,4,6-7H,3,5,8H2,1H3. The molecule has 2 aromatic rings. The van der Waals surface area contributed by atoms with Gasteiger partial charge in [0, 0.05) is 25.9 Å². The highest BCUT2D eigenvalue weighted by Gasteiger charge is 2.24. The van der Waals surface area contributed by atoms with Crippen molar-refractivity contribution in [3.05, 3.63) is 55.7 Å². The summed E-state index contributed by atoms with van der Waals surface area (Å²) in [5.74, 6) is -0.297. The predicted molar refractivity (Wildman–Crippen MR) is 82.3 cm³/mol. The summed E-state index contributed by atoms with van der Waals surface area (Å²) in [5, 5.41) is 0.565. The SMILES string of the molecule is COC(=O)Cc1cc2c(s1)CCc1ccc(Cl)cc1C2=O. The number of aryl methyl sites for hydroxylation is 2. The number of fused-ring (bicyclic) bond motifs is 2. The van der Waals surface area contributed by atoms with Crippen LogP contribution in [0.2, 0.25) is 5.02 Å². The van der Waals surface area contributed by atoms with Gasteiger partial charge in [-0.1, -0.05) is 17.7 Å². The Morgan fingerprint density at radius 2 is 2.10 bits per heavy atom. The van der Waals surface area contributed by atoms with E-state index in [4.69, 9.17) is 11.6 Å². The normalized spacial score (nSPS) is 13.3. The number of halogens is 1. The van der Waals surface area contributed by atoms with Crippen LogP contribution >= 0.6 is 22.9 Å². The Labute approximate surface area is 131 Å². The minimum absolute atomic E-state index is 0.00707. The number of esters is 1. The molecule has 0 aliphatic heterocycles. The molecule has 0 unspecified atom stereocenters. The molecule has 3 rings (SSSR count). The molecular formula is C16H13ClO3S. The van der Waals surface area contributed by atoms with Gasteiger partial charge in [-0.05, 0) is 36.6 Å². The molecule has 0 N–H and O–H groups in total. The Bertz CT molecular complexity index is 733. The van der Waals surface area contributed by atoms with E-state index in [9.17, 15) is 9.59 Å². The van der Waals surface area contributed by atoms with Crippen molar-refractivity contribution >= 4 is 34.7 Å². The van der Waals surface area contributed by atoms with E-state index in [-0.39, 0.29) is 18.2 Å². The fraction of sp³-hybridized carbons (Fsp3) is 0.250. The second-order valence-electron chi connectivity index (χ2n) is 4.93. The molecule has 0 bridgehead atoms. The molecule has 0 spiro atoms. The lowest BCUT2D eigenvalue weighted by molar-refractivity contribution is -0.139. The van der Waals surface area contributed by atoms with Crippen LogP contribution in [-0.4, -0.2) is 18.9 Å². The Balaban J connectivity index is 2.00. The maximum Gasteiger partial charge on any atom is 0.310 e. The molecule has 0 saturated heterocycles. The van der Waals surface area contributed by atoms with Crippen LogP contribution < -0.4 is 0 Å². The summed E-state index contributed by atoms with van der Waals surface area (Å²) >= 11 is 7.52. The van der Waals surface area contributed by atoms with Gasteiger partial charge in [0.15, 0.2) is 5.78 Å². The summed E-state index contributed by atoms with van der Waals surface area (Å²) < 4.78 is 4.68. The van der Waals surface area contributed by atoms with Crippen LogP contribution in [0.5, 0.6) is 0 Å². The lowest BCUT2D eigenvalue weighted by Gasteiger charge is -2.04. The average Bonchev–Trinajstić information content (AvgIpc) is 2.82. The molecule has 108 valence electrons. The number of methoxy groups -OCH3 is 1. The van der Waals surface area contributed by atoms with Crippen LogP contribution in [0, 0.1) is 0 Å². The van der Waals surface area contributed by atoms with Gasteiger partial charge in [-0.25, -0.2) is 0 Å². The highest BCUT2D eigenvalue weighted by atomic mass is 35.5. The number of ether oxygens (including phenoxy) is 1. The second-order valence-corrected chi connectivity index (χ2v) is 6.59. The van der Waals surface area contributed by atoms with Gasteiger partial charge in [-0.2, -0.15) is 0 Å². The smallest absolute Gasteiger partial charge is 0.310 e. The van der Waals surface area contributed by atoms with E-state index in [0.29, 0.717) is 16.1 Å². The fourth-order valence-corrected chi connectivity index (χ4v) is 3.86. The molecular weight excluding hydrogens is 308 g/mol. The molecule has 5 heteroatoms. The lowest BCUT2D eigenvalue weighted by atomic mass is 10.0. The Hall–Kier alpha value is -1.65. The third kappa shape index (κ3) is 2.74. The summed E-state index contributed by atoms with van der Waals surface area (Å²) in [4.78, 5) is 25.9. The van der Waals surface area contributed by atoms with Crippen molar-refractivity contribution in [3.63, 3.8) is 0 Å². The molecule has 1 aromatic carbocycles. The van der Waals surface area contributed by atoms with Crippen molar-refractivity contribution in [3.8, 4) is 0 Å². The molecule has 1 aliphatic carbocycles. The minimum atomic E-state index is -0.290.